The first-order valence-electron chi connectivity index (χ1n) is 10.7. The van der Waals surface area contributed by atoms with Crippen LogP contribution in [0.1, 0.15) is 92.2 Å². The summed E-state index contributed by atoms with van der Waals surface area (Å²) in [5.74, 6) is -0.0436. The summed E-state index contributed by atoms with van der Waals surface area (Å²) < 4.78 is 11.2. The fourth-order valence-corrected chi connectivity index (χ4v) is 2.88. The van der Waals surface area contributed by atoms with Crippen molar-refractivity contribution in [2.24, 2.45) is 0 Å². The molecule has 30 heavy (non-hydrogen) atoms. The van der Waals surface area contributed by atoms with Gasteiger partial charge in [-0.1, -0.05) is 45.9 Å². The zero-order valence-electron chi connectivity index (χ0n) is 20.3. The summed E-state index contributed by atoms with van der Waals surface area (Å²) in [5, 5.41) is 5.72. The molecule has 0 spiro atoms. The van der Waals surface area contributed by atoms with Gasteiger partial charge in [0.15, 0.2) is 6.04 Å². The summed E-state index contributed by atoms with van der Waals surface area (Å²) >= 11 is 0. The van der Waals surface area contributed by atoms with Crippen LogP contribution in [0, 0.1) is 0 Å². The number of benzene rings is 1. The van der Waals surface area contributed by atoms with Crippen LogP contribution in [0.3, 0.4) is 0 Å². The molecule has 2 N–H and O–H groups in total. The topological polar surface area (TPSA) is 76.7 Å². The maximum absolute atomic E-state index is 12.9. The van der Waals surface area contributed by atoms with Gasteiger partial charge in [-0.3, -0.25) is 0 Å². The lowest BCUT2D eigenvalue weighted by Gasteiger charge is -2.28. The average Bonchev–Trinajstić information content (AvgIpc) is 2.55. The van der Waals surface area contributed by atoms with Gasteiger partial charge < -0.3 is 20.1 Å². The fraction of sp³-hybridized carbons (Fsp3) is 0.667. The maximum atomic E-state index is 12.9. The molecular weight excluding hydrogens is 380 g/mol. The predicted molar refractivity (Wildman–Crippen MR) is 122 cm³/mol. The third kappa shape index (κ3) is 8.74. The number of hydrogen-bond donors (Lipinski definition) is 2. The van der Waals surface area contributed by atoms with Crippen molar-refractivity contribution in [2.75, 3.05) is 11.9 Å². The van der Waals surface area contributed by atoms with Gasteiger partial charge in [0, 0.05) is 5.69 Å². The van der Waals surface area contributed by atoms with Crippen LogP contribution in [0.2, 0.25) is 0 Å². The maximum Gasteiger partial charge on any atom is 0.331 e. The van der Waals surface area contributed by atoms with E-state index in [2.05, 4.69) is 38.3 Å². The third-order valence-corrected chi connectivity index (χ3v) is 4.29. The van der Waals surface area contributed by atoms with Crippen molar-refractivity contribution in [1.29, 1.82) is 0 Å². The molecule has 1 rings (SSSR count). The quantitative estimate of drug-likeness (QED) is 0.565. The smallest absolute Gasteiger partial charge is 0.331 e. The highest BCUT2D eigenvalue weighted by atomic mass is 16.6. The second-order valence-electron chi connectivity index (χ2n) is 10.2. The van der Waals surface area contributed by atoms with Crippen LogP contribution in [-0.2, 0) is 14.3 Å². The Hall–Kier alpha value is -2.08. The number of carbonyl (C=O) groups excluding carboxylic acids is 2. The highest BCUT2D eigenvalue weighted by molar-refractivity contribution is 5.94. The first-order chi connectivity index (χ1) is 13.6. The number of rotatable bonds is 7. The molecule has 0 radical (unpaired) electrons. The van der Waals surface area contributed by atoms with Crippen molar-refractivity contribution in [3.05, 3.63) is 29.3 Å². The minimum Gasteiger partial charge on any atom is -0.458 e. The molecular formula is C24H40N2O4. The number of amides is 2. The molecule has 0 saturated heterocycles. The summed E-state index contributed by atoms with van der Waals surface area (Å²) in [4.78, 5) is 25.6. The van der Waals surface area contributed by atoms with E-state index < -0.39 is 29.2 Å². The SMILES string of the molecule is CC(C)c1cccc(C(C)C)c1NC(=O)NC(COC(C)(C)C)C(=O)OC(C)(C)C. The zero-order chi connectivity index (χ0) is 23.3. The molecule has 1 aromatic rings. The third-order valence-electron chi connectivity index (χ3n) is 4.29. The molecule has 6 heteroatoms. The van der Waals surface area contributed by atoms with Gasteiger partial charge in [-0.25, -0.2) is 9.59 Å². The van der Waals surface area contributed by atoms with Gasteiger partial charge in [0.05, 0.1) is 12.2 Å². The minimum atomic E-state index is -0.919. The van der Waals surface area contributed by atoms with Gasteiger partial charge in [0.25, 0.3) is 0 Å². The molecule has 0 aromatic heterocycles. The Kier molecular flexibility index (Phi) is 8.90. The molecule has 0 aliphatic rings. The molecule has 1 atom stereocenters. The fourth-order valence-electron chi connectivity index (χ4n) is 2.88. The summed E-state index contributed by atoms with van der Waals surface area (Å²) in [6.45, 7) is 19.4. The Morgan fingerprint density at radius 2 is 1.40 bits per heavy atom. The molecule has 0 heterocycles. The van der Waals surface area contributed by atoms with Crippen molar-refractivity contribution in [2.45, 2.75) is 98.3 Å². The van der Waals surface area contributed by atoms with Crippen molar-refractivity contribution in [3.8, 4) is 0 Å². The van der Waals surface area contributed by atoms with Crippen LogP contribution in [0.15, 0.2) is 18.2 Å². The molecule has 0 fully saturated rings. The van der Waals surface area contributed by atoms with Crippen LogP contribution in [0.5, 0.6) is 0 Å². The van der Waals surface area contributed by atoms with E-state index in [1.54, 1.807) is 20.8 Å². The lowest BCUT2D eigenvalue weighted by Crippen LogP contribution is -2.49. The molecule has 170 valence electrons. The molecule has 1 aromatic carbocycles. The van der Waals surface area contributed by atoms with E-state index in [0.717, 1.165) is 16.8 Å². The van der Waals surface area contributed by atoms with E-state index in [9.17, 15) is 9.59 Å². The van der Waals surface area contributed by atoms with E-state index in [1.165, 1.54) is 0 Å². The van der Waals surface area contributed by atoms with E-state index in [4.69, 9.17) is 9.47 Å². The summed E-state index contributed by atoms with van der Waals surface area (Å²) in [6.07, 6.45) is 0. The normalized spacial score (nSPS) is 13.3. The van der Waals surface area contributed by atoms with Gasteiger partial charge in [0.2, 0.25) is 0 Å². The number of anilines is 1. The van der Waals surface area contributed by atoms with Crippen LogP contribution in [-0.4, -0.2) is 35.9 Å². The Bertz CT molecular complexity index is 701. The molecule has 0 aliphatic heterocycles. The first kappa shape index (κ1) is 26.0. The summed E-state index contributed by atoms with van der Waals surface area (Å²) in [7, 11) is 0. The van der Waals surface area contributed by atoms with Gasteiger partial charge in [-0.2, -0.15) is 0 Å². The lowest BCUT2D eigenvalue weighted by atomic mass is 9.93. The van der Waals surface area contributed by atoms with Gasteiger partial charge in [0.1, 0.15) is 5.60 Å². The standard InChI is InChI=1S/C24H40N2O4/c1-15(2)17-12-11-13-18(16(3)4)20(17)26-22(28)25-19(14-29-23(5,6)7)21(27)30-24(8,9)10/h11-13,15-16,19H,14H2,1-10H3,(H2,25,26,28). The number of para-hydroxylation sites is 1. The molecule has 2 amide bonds. The Labute approximate surface area is 182 Å². The average molecular weight is 421 g/mol. The lowest BCUT2D eigenvalue weighted by molar-refractivity contribution is -0.160. The van der Waals surface area contributed by atoms with Crippen LogP contribution in [0.4, 0.5) is 10.5 Å². The highest BCUT2D eigenvalue weighted by Crippen LogP contribution is 2.32. The summed E-state index contributed by atoms with van der Waals surface area (Å²) in [5.41, 5.74) is 1.78. The number of hydrogen-bond acceptors (Lipinski definition) is 4. The number of carbonyl (C=O) groups is 2. The monoisotopic (exact) mass is 420 g/mol. The first-order valence-corrected chi connectivity index (χ1v) is 10.7. The van der Waals surface area contributed by atoms with Gasteiger partial charge >= 0.3 is 12.0 Å². The van der Waals surface area contributed by atoms with Gasteiger partial charge in [-0.15, -0.1) is 0 Å². The number of esters is 1. The number of nitrogens with one attached hydrogen (secondary N) is 2. The largest absolute Gasteiger partial charge is 0.458 e. The van der Waals surface area contributed by atoms with Crippen LogP contribution in [0.25, 0.3) is 0 Å². The van der Waals surface area contributed by atoms with E-state index in [0.29, 0.717) is 0 Å². The van der Waals surface area contributed by atoms with Gasteiger partial charge in [-0.05, 0) is 64.5 Å². The van der Waals surface area contributed by atoms with Crippen molar-refractivity contribution in [3.63, 3.8) is 0 Å². The minimum absolute atomic E-state index is 0.0225. The Morgan fingerprint density at radius 3 is 1.80 bits per heavy atom. The van der Waals surface area contributed by atoms with Crippen LogP contribution < -0.4 is 10.6 Å². The number of ether oxygens (including phenoxy) is 2. The van der Waals surface area contributed by atoms with E-state index >= 15 is 0 Å². The van der Waals surface area contributed by atoms with Crippen molar-refractivity contribution >= 4 is 17.7 Å². The number of urea groups is 1. The van der Waals surface area contributed by atoms with Crippen molar-refractivity contribution < 1.29 is 19.1 Å². The van der Waals surface area contributed by atoms with E-state index in [1.807, 2.05) is 39.0 Å². The van der Waals surface area contributed by atoms with Crippen LogP contribution >= 0.6 is 0 Å². The van der Waals surface area contributed by atoms with Crippen molar-refractivity contribution in [1.82, 2.24) is 5.32 Å². The Morgan fingerprint density at radius 1 is 0.900 bits per heavy atom. The molecule has 0 bridgehead atoms. The molecule has 0 saturated carbocycles. The Balaban J connectivity index is 3.08. The second kappa shape index (κ2) is 10.3. The second-order valence-corrected chi connectivity index (χ2v) is 10.2. The zero-order valence-corrected chi connectivity index (χ0v) is 20.3. The molecule has 1 unspecified atom stereocenters. The molecule has 6 nitrogen and oxygen atoms in total. The summed E-state index contributed by atoms with van der Waals surface area (Å²) in [6, 6.07) is 4.66. The highest BCUT2D eigenvalue weighted by Gasteiger charge is 2.29. The molecule has 0 aliphatic carbocycles. The predicted octanol–water partition coefficient (Wildman–Crippen LogP) is 5.58. The van der Waals surface area contributed by atoms with E-state index in [-0.39, 0.29) is 18.4 Å².